The van der Waals surface area contributed by atoms with Crippen molar-refractivity contribution in [3.63, 3.8) is 0 Å². The van der Waals surface area contributed by atoms with E-state index in [0.29, 0.717) is 0 Å². The third-order valence-corrected chi connectivity index (χ3v) is 5.43. The lowest BCUT2D eigenvalue weighted by Crippen LogP contribution is -1.93. The minimum absolute atomic E-state index is 0.243. The first-order chi connectivity index (χ1) is 13.3. The van der Waals surface area contributed by atoms with Crippen LogP contribution in [0, 0.1) is 0 Å². The lowest BCUT2D eigenvalue weighted by atomic mass is 10.0. The zero-order chi connectivity index (χ0) is 19.8. The average Bonchev–Trinajstić information content (AvgIpc) is 2.68. The van der Waals surface area contributed by atoms with E-state index in [-0.39, 0.29) is 5.97 Å². The number of ether oxygens (including phenoxy) is 1. The molecule has 0 atom stereocenters. The summed E-state index contributed by atoms with van der Waals surface area (Å²) in [6, 6.07) is 0. The van der Waals surface area contributed by atoms with E-state index >= 15 is 0 Å². The molecule has 27 heavy (non-hydrogen) atoms. The third-order valence-electron chi connectivity index (χ3n) is 5.43. The Morgan fingerprint density at radius 2 is 0.926 bits per heavy atom. The minimum Gasteiger partial charge on any atom is -0.466 e. The van der Waals surface area contributed by atoms with Crippen LogP contribution in [0.25, 0.3) is 0 Å². The lowest BCUT2D eigenvalue weighted by Gasteiger charge is -2.03. The second-order valence-electron chi connectivity index (χ2n) is 8.08. The van der Waals surface area contributed by atoms with Crippen LogP contribution in [0.2, 0.25) is 0 Å². The van der Waals surface area contributed by atoms with E-state index in [1.807, 2.05) is 6.08 Å². The monoisotopic (exact) mass is 380 g/mol. The molecule has 2 heteroatoms. The van der Waals surface area contributed by atoms with Gasteiger partial charge in [0.05, 0.1) is 7.11 Å². The summed E-state index contributed by atoms with van der Waals surface area (Å²) in [4.78, 5) is 10.9. The number of hydrogen-bond acceptors (Lipinski definition) is 2. The number of rotatable bonds is 21. The molecule has 160 valence electrons. The summed E-state index contributed by atoms with van der Waals surface area (Å²) in [5.41, 5.74) is 0. The van der Waals surface area contributed by atoms with Crippen molar-refractivity contribution < 1.29 is 9.53 Å². The smallest absolute Gasteiger partial charge is 0.330 e. The fourth-order valence-electron chi connectivity index (χ4n) is 3.59. The number of carbonyl (C=O) groups is 1. The fraction of sp³-hybridized carbons (Fsp3) is 0.880. The standard InChI is InChI=1S/C25H48O2/c1-3-4-5-6-7-8-9-10-11-12-13-14-15-16-17-18-19-20-21-22-23-24-25(26)27-2/h23-24H,3-22H2,1-2H3/b24-23-. The van der Waals surface area contributed by atoms with Crippen LogP contribution in [0.1, 0.15) is 135 Å². The maximum atomic E-state index is 10.9. The van der Waals surface area contributed by atoms with E-state index in [4.69, 9.17) is 0 Å². The van der Waals surface area contributed by atoms with Gasteiger partial charge in [-0.3, -0.25) is 0 Å². The molecular formula is C25H48O2. The van der Waals surface area contributed by atoms with Crippen molar-refractivity contribution in [1.29, 1.82) is 0 Å². The van der Waals surface area contributed by atoms with Crippen LogP contribution in [0.4, 0.5) is 0 Å². The number of carbonyl (C=O) groups excluding carboxylic acids is 1. The van der Waals surface area contributed by atoms with Gasteiger partial charge < -0.3 is 4.74 Å². The molecule has 0 aromatic carbocycles. The molecule has 0 heterocycles. The van der Waals surface area contributed by atoms with Crippen LogP contribution in [-0.4, -0.2) is 13.1 Å². The first-order valence-corrected chi connectivity index (χ1v) is 12.1. The molecule has 0 aliphatic heterocycles. The highest BCUT2D eigenvalue weighted by Crippen LogP contribution is 2.14. The first kappa shape index (κ1) is 26.2. The molecule has 0 aromatic heterocycles. The highest BCUT2D eigenvalue weighted by molar-refractivity contribution is 5.81. The molecule has 0 unspecified atom stereocenters. The first-order valence-electron chi connectivity index (χ1n) is 12.1. The van der Waals surface area contributed by atoms with Gasteiger partial charge in [-0.25, -0.2) is 4.79 Å². The van der Waals surface area contributed by atoms with Gasteiger partial charge in [0, 0.05) is 6.08 Å². The number of allylic oxidation sites excluding steroid dienone is 1. The van der Waals surface area contributed by atoms with E-state index in [1.54, 1.807) is 0 Å². The fourth-order valence-corrected chi connectivity index (χ4v) is 3.59. The van der Waals surface area contributed by atoms with Gasteiger partial charge in [-0.05, 0) is 12.8 Å². The molecule has 0 amide bonds. The molecule has 2 nitrogen and oxygen atoms in total. The summed E-state index contributed by atoms with van der Waals surface area (Å²) in [6.45, 7) is 2.29. The summed E-state index contributed by atoms with van der Waals surface area (Å²) in [5, 5.41) is 0. The van der Waals surface area contributed by atoms with E-state index < -0.39 is 0 Å². The lowest BCUT2D eigenvalue weighted by molar-refractivity contribution is -0.134. The summed E-state index contributed by atoms with van der Waals surface area (Å²) in [7, 11) is 1.42. The Kier molecular flexibility index (Phi) is 22.6. The molecule has 0 saturated carbocycles. The number of hydrogen-bond donors (Lipinski definition) is 0. The van der Waals surface area contributed by atoms with Crippen molar-refractivity contribution in [3.8, 4) is 0 Å². The van der Waals surface area contributed by atoms with Crippen LogP contribution < -0.4 is 0 Å². The normalized spacial score (nSPS) is 11.3. The molecule has 0 spiro atoms. The Hall–Kier alpha value is -0.790. The summed E-state index contributed by atoms with van der Waals surface area (Å²) < 4.78 is 4.57. The molecule has 0 radical (unpaired) electrons. The second kappa shape index (κ2) is 23.2. The van der Waals surface area contributed by atoms with Gasteiger partial charge in [-0.2, -0.15) is 0 Å². The third kappa shape index (κ3) is 23.2. The van der Waals surface area contributed by atoms with Crippen LogP contribution in [0.5, 0.6) is 0 Å². The van der Waals surface area contributed by atoms with Crippen molar-refractivity contribution in [2.45, 2.75) is 135 Å². The molecule has 0 fully saturated rings. The highest BCUT2D eigenvalue weighted by Gasteiger charge is 1.95. The second-order valence-corrected chi connectivity index (χ2v) is 8.08. The van der Waals surface area contributed by atoms with E-state index in [1.165, 1.54) is 135 Å². The van der Waals surface area contributed by atoms with Crippen LogP contribution >= 0.6 is 0 Å². The van der Waals surface area contributed by atoms with Crippen molar-refractivity contribution in [2.24, 2.45) is 0 Å². The topological polar surface area (TPSA) is 26.3 Å². The van der Waals surface area contributed by atoms with Gasteiger partial charge in [-0.15, -0.1) is 0 Å². The Morgan fingerprint density at radius 1 is 0.593 bits per heavy atom. The molecule has 0 N–H and O–H groups in total. The molecule has 0 aliphatic carbocycles. The SMILES string of the molecule is CCCCCCCCCCCCCCCCCCCCC/C=C\C(=O)OC. The van der Waals surface area contributed by atoms with Gasteiger partial charge in [-0.1, -0.05) is 129 Å². The Morgan fingerprint density at radius 3 is 1.26 bits per heavy atom. The molecule has 0 aliphatic rings. The quantitative estimate of drug-likeness (QED) is 0.113. The molecule has 0 bridgehead atoms. The number of methoxy groups -OCH3 is 1. The largest absolute Gasteiger partial charge is 0.466 e. The highest BCUT2D eigenvalue weighted by atomic mass is 16.5. The Bertz CT molecular complexity index is 322. The predicted molar refractivity (Wildman–Crippen MR) is 119 cm³/mol. The summed E-state index contributed by atoms with van der Waals surface area (Å²) >= 11 is 0. The van der Waals surface area contributed by atoms with Crippen LogP contribution in [0.15, 0.2) is 12.2 Å². The van der Waals surface area contributed by atoms with Gasteiger partial charge >= 0.3 is 5.97 Å². The van der Waals surface area contributed by atoms with Gasteiger partial charge in [0.15, 0.2) is 0 Å². The zero-order valence-electron chi connectivity index (χ0n) is 18.6. The number of unbranched alkanes of at least 4 members (excludes halogenated alkanes) is 19. The van der Waals surface area contributed by atoms with Crippen LogP contribution in [-0.2, 0) is 9.53 Å². The average molecular weight is 381 g/mol. The van der Waals surface area contributed by atoms with Crippen molar-refractivity contribution in [2.75, 3.05) is 7.11 Å². The van der Waals surface area contributed by atoms with Gasteiger partial charge in [0.25, 0.3) is 0 Å². The molecular weight excluding hydrogens is 332 g/mol. The minimum atomic E-state index is -0.243. The summed E-state index contributed by atoms with van der Waals surface area (Å²) in [5.74, 6) is -0.243. The molecule has 0 rings (SSSR count). The summed E-state index contributed by atoms with van der Waals surface area (Å²) in [6.07, 6.45) is 31.2. The van der Waals surface area contributed by atoms with E-state index in [9.17, 15) is 4.79 Å². The predicted octanol–water partition coefficient (Wildman–Crippen LogP) is 8.54. The zero-order valence-corrected chi connectivity index (χ0v) is 18.6. The maximum absolute atomic E-state index is 10.9. The van der Waals surface area contributed by atoms with E-state index in [0.717, 1.165) is 6.42 Å². The van der Waals surface area contributed by atoms with Crippen molar-refractivity contribution in [3.05, 3.63) is 12.2 Å². The maximum Gasteiger partial charge on any atom is 0.330 e. The van der Waals surface area contributed by atoms with Gasteiger partial charge in [0.2, 0.25) is 0 Å². The molecule has 0 aromatic rings. The van der Waals surface area contributed by atoms with Gasteiger partial charge in [0.1, 0.15) is 0 Å². The Balaban J connectivity index is 3.05. The molecule has 0 saturated heterocycles. The van der Waals surface area contributed by atoms with Crippen LogP contribution in [0.3, 0.4) is 0 Å². The van der Waals surface area contributed by atoms with Crippen molar-refractivity contribution in [1.82, 2.24) is 0 Å². The van der Waals surface area contributed by atoms with Crippen molar-refractivity contribution >= 4 is 5.97 Å². The van der Waals surface area contributed by atoms with E-state index in [2.05, 4.69) is 11.7 Å². The number of esters is 1. The Labute approximate surface area is 170 Å².